The molecule has 10 heteroatoms. The van der Waals surface area contributed by atoms with E-state index >= 15 is 0 Å². The third kappa shape index (κ3) is 11.6. The van der Waals surface area contributed by atoms with Crippen LogP contribution in [0.2, 0.25) is 5.02 Å². The average Bonchev–Trinajstić information content (AvgIpc) is 3.63. The van der Waals surface area contributed by atoms with E-state index in [1.807, 2.05) is 26.8 Å². The van der Waals surface area contributed by atoms with Crippen molar-refractivity contribution in [1.82, 2.24) is 19.8 Å². The van der Waals surface area contributed by atoms with E-state index in [0.717, 1.165) is 18.5 Å². The summed E-state index contributed by atoms with van der Waals surface area (Å²) in [5.41, 5.74) is 2.46. The fraction of sp³-hybridized carbons (Fsp3) is 0.538. The molecule has 0 aliphatic heterocycles. The van der Waals surface area contributed by atoms with Crippen molar-refractivity contribution in [3.05, 3.63) is 58.7 Å². The van der Waals surface area contributed by atoms with Crippen molar-refractivity contribution in [2.45, 2.75) is 130 Å². The minimum absolute atomic E-state index is 0.221. The number of nitrogens with zero attached hydrogens (tertiary/aromatic N) is 3. The molecule has 2 N–H and O–H groups in total. The number of halogens is 1. The summed E-state index contributed by atoms with van der Waals surface area (Å²) < 4.78 is 12.9. The smallest absolute Gasteiger partial charge is 0.308 e. The highest BCUT2D eigenvalue weighted by Gasteiger charge is 2.25. The Morgan fingerprint density at radius 3 is 2.08 bits per heavy atom. The lowest BCUT2D eigenvalue weighted by Gasteiger charge is -2.14. The quantitative estimate of drug-likeness (QED) is 0.0542. The van der Waals surface area contributed by atoms with Gasteiger partial charge in [-0.15, -0.1) is 9.73 Å². The zero-order valence-electron chi connectivity index (χ0n) is 30.0. The van der Waals surface area contributed by atoms with Crippen LogP contribution in [0, 0.1) is 0 Å². The standard InChI is InChI=1S/C39H54ClN5O4/c1-6-7-8-9-10-11-12-13-14-15-16-17-18-19-25-48-31-22-20-21-30(26-31)38(47)41-32-27-29(23-24-33(32)49-28(2)46)36-42-37-34(40)35(39(3,4)5)43-45(37)44-36/h20-24,26-27H,6-19,25H2,1-5H3,(H,41,47)(H,42,44). The highest BCUT2D eigenvalue weighted by atomic mass is 35.5. The van der Waals surface area contributed by atoms with Gasteiger partial charge in [-0.25, -0.2) is 0 Å². The Bertz CT molecular complexity index is 1650. The first-order valence-corrected chi connectivity index (χ1v) is 18.5. The molecule has 0 fully saturated rings. The molecule has 4 rings (SSSR count). The molecule has 0 aliphatic rings. The Labute approximate surface area is 296 Å². The maximum Gasteiger partial charge on any atom is 0.308 e. The van der Waals surface area contributed by atoms with Gasteiger partial charge in [0.25, 0.3) is 5.91 Å². The number of H-pyrrole nitrogens is 1. The van der Waals surface area contributed by atoms with Gasteiger partial charge in [-0.3, -0.25) is 9.59 Å². The van der Waals surface area contributed by atoms with E-state index in [0.29, 0.717) is 45.7 Å². The van der Waals surface area contributed by atoms with Gasteiger partial charge in [0.15, 0.2) is 17.2 Å². The van der Waals surface area contributed by atoms with Gasteiger partial charge in [-0.2, -0.15) is 5.10 Å². The van der Waals surface area contributed by atoms with Crippen LogP contribution in [0.4, 0.5) is 5.69 Å². The van der Waals surface area contributed by atoms with Gasteiger partial charge >= 0.3 is 5.97 Å². The van der Waals surface area contributed by atoms with Crippen molar-refractivity contribution in [2.75, 3.05) is 11.9 Å². The molecule has 2 aromatic carbocycles. The predicted molar refractivity (Wildman–Crippen MR) is 198 cm³/mol. The fourth-order valence-electron chi connectivity index (χ4n) is 5.83. The van der Waals surface area contributed by atoms with Crippen LogP contribution in [-0.2, 0) is 10.2 Å². The summed E-state index contributed by atoms with van der Waals surface area (Å²) in [5.74, 6) is 0.495. The number of nitrogens with one attached hydrogen (secondary N) is 2. The monoisotopic (exact) mass is 691 g/mol. The van der Waals surface area contributed by atoms with Crippen LogP contribution >= 0.6 is 11.6 Å². The van der Waals surface area contributed by atoms with Crippen molar-refractivity contribution < 1.29 is 19.1 Å². The molecule has 0 saturated carbocycles. The number of fused-ring (bicyclic) bond motifs is 1. The van der Waals surface area contributed by atoms with E-state index in [1.165, 1.54) is 88.6 Å². The van der Waals surface area contributed by atoms with Gasteiger partial charge in [-0.05, 0) is 42.8 Å². The Kier molecular flexibility index (Phi) is 14.6. The first-order valence-electron chi connectivity index (χ1n) is 18.1. The number of rotatable bonds is 20. The summed E-state index contributed by atoms with van der Waals surface area (Å²) in [6.45, 7) is 10.3. The lowest BCUT2D eigenvalue weighted by molar-refractivity contribution is -0.131. The van der Waals surface area contributed by atoms with Crippen LogP contribution in [0.25, 0.3) is 17.0 Å². The van der Waals surface area contributed by atoms with Crippen molar-refractivity contribution in [2.24, 2.45) is 0 Å². The lowest BCUT2D eigenvalue weighted by Crippen LogP contribution is -2.14. The van der Waals surface area contributed by atoms with Gasteiger partial charge in [0.05, 0.1) is 18.0 Å². The van der Waals surface area contributed by atoms with Gasteiger partial charge in [0.1, 0.15) is 10.8 Å². The van der Waals surface area contributed by atoms with E-state index in [2.05, 4.69) is 27.4 Å². The second-order valence-corrected chi connectivity index (χ2v) is 14.3. The number of carbonyl (C=O) groups excluding carboxylic acids is 2. The first kappa shape index (κ1) is 38.0. The van der Waals surface area contributed by atoms with E-state index in [-0.39, 0.29) is 17.1 Å². The molecule has 9 nitrogen and oxygen atoms in total. The molecule has 0 unspecified atom stereocenters. The molecular weight excluding hydrogens is 638 g/mol. The average molecular weight is 692 g/mol. The van der Waals surface area contributed by atoms with E-state index in [1.54, 1.807) is 36.4 Å². The topological polar surface area (TPSA) is 111 Å². The number of anilines is 1. The number of esters is 1. The Balaban J connectivity index is 1.27. The second kappa shape index (κ2) is 18.8. The number of hydrogen-bond donors (Lipinski definition) is 2. The third-order valence-electron chi connectivity index (χ3n) is 8.57. The summed E-state index contributed by atoms with van der Waals surface area (Å²) in [4.78, 5) is 28.4. The molecule has 0 aliphatic carbocycles. The molecular formula is C39H54ClN5O4. The third-order valence-corrected chi connectivity index (χ3v) is 8.93. The highest BCUT2D eigenvalue weighted by molar-refractivity contribution is 6.34. The number of carbonyl (C=O) groups is 2. The second-order valence-electron chi connectivity index (χ2n) is 14.0. The Morgan fingerprint density at radius 1 is 0.857 bits per heavy atom. The lowest BCUT2D eigenvalue weighted by atomic mass is 9.92. The van der Waals surface area contributed by atoms with Crippen LogP contribution in [-0.4, -0.2) is 38.3 Å². The number of aromatic nitrogens is 4. The van der Waals surface area contributed by atoms with E-state index < -0.39 is 5.97 Å². The number of hydrogen-bond acceptors (Lipinski definition) is 6. The Hall–Kier alpha value is -3.85. The van der Waals surface area contributed by atoms with Crippen LogP contribution in [0.1, 0.15) is 141 Å². The van der Waals surface area contributed by atoms with E-state index in [4.69, 9.17) is 21.1 Å². The van der Waals surface area contributed by atoms with Crippen molar-refractivity contribution >= 4 is 34.8 Å². The minimum atomic E-state index is -0.500. The predicted octanol–water partition coefficient (Wildman–Crippen LogP) is 10.7. The maximum absolute atomic E-state index is 13.4. The largest absolute Gasteiger partial charge is 0.494 e. The number of aromatic amines is 1. The van der Waals surface area contributed by atoms with Crippen LogP contribution in [0.3, 0.4) is 0 Å². The molecule has 0 saturated heterocycles. The normalized spacial score (nSPS) is 11.6. The SMILES string of the molecule is CCCCCCCCCCCCCCCCOc1cccc(C(=O)Nc2cc(-c3nn4nc(C(C)(C)C)c(Cl)c4[nH]3)ccc2OC(C)=O)c1. The first-order chi connectivity index (χ1) is 23.6. The van der Waals surface area contributed by atoms with Gasteiger partial charge < -0.3 is 19.8 Å². The van der Waals surface area contributed by atoms with Crippen molar-refractivity contribution in [3.63, 3.8) is 0 Å². The van der Waals surface area contributed by atoms with Crippen LogP contribution in [0.15, 0.2) is 42.5 Å². The molecule has 0 spiro atoms. The number of unbranched alkanes of at least 4 members (excludes halogenated alkanes) is 13. The molecule has 49 heavy (non-hydrogen) atoms. The molecule has 4 aromatic rings. The van der Waals surface area contributed by atoms with E-state index in [9.17, 15) is 9.59 Å². The molecule has 2 heterocycles. The van der Waals surface area contributed by atoms with Crippen LogP contribution < -0.4 is 14.8 Å². The van der Waals surface area contributed by atoms with Crippen molar-refractivity contribution in [1.29, 1.82) is 0 Å². The van der Waals surface area contributed by atoms with Gasteiger partial charge in [0, 0.05) is 23.5 Å². The van der Waals surface area contributed by atoms with Gasteiger partial charge in [0.2, 0.25) is 0 Å². The molecule has 0 bridgehead atoms. The Morgan fingerprint density at radius 2 is 1.49 bits per heavy atom. The number of ether oxygens (including phenoxy) is 2. The molecule has 0 radical (unpaired) electrons. The summed E-state index contributed by atoms with van der Waals surface area (Å²) in [7, 11) is 0. The zero-order chi connectivity index (χ0) is 35.2. The summed E-state index contributed by atoms with van der Waals surface area (Å²) in [5, 5.41) is 12.5. The minimum Gasteiger partial charge on any atom is -0.494 e. The molecule has 1 amide bonds. The maximum atomic E-state index is 13.4. The summed E-state index contributed by atoms with van der Waals surface area (Å²) in [6, 6.07) is 12.2. The van der Waals surface area contributed by atoms with Crippen LogP contribution in [0.5, 0.6) is 11.5 Å². The van der Waals surface area contributed by atoms with Crippen molar-refractivity contribution in [3.8, 4) is 22.9 Å². The summed E-state index contributed by atoms with van der Waals surface area (Å²) in [6.07, 6.45) is 18.3. The number of amides is 1. The molecule has 266 valence electrons. The molecule has 2 aromatic heterocycles. The number of benzene rings is 2. The fourth-order valence-corrected chi connectivity index (χ4v) is 6.28. The van der Waals surface area contributed by atoms with Gasteiger partial charge in [-0.1, -0.05) is 129 Å². The zero-order valence-corrected chi connectivity index (χ0v) is 30.8. The highest BCUT2D eigenvalue weighted by Crippen LogP contribution is 2.34. The summed E-state index contributed by atoms with van der Waals surface area (Å²) >= 11 is 6.62. The molecule has 0 atom stereocenters.